The van der Waals surface area contributed by atoms with Crippen LogP contribution in [0.5, 0.6) is 0 Å². The third-order valence-corrected chi connectivity index (χ3v) is 5.64. The first-order valence-corrected chi connectivity index (χ1v) is 9.80. The van der Waals surface area contributed by atoms with Crippen molar-refractivity contribution in [2.24, 2.45) is 0 Å². The number of fused-ring (bicyclic) bond motifs is 1. The molecule has 0 atom stereocenters. The van der Waals surface area contributed by atoms with Crippen LogP contribution >= 0.6 is 15.9 Å². The number of benzene rings is 1. The van der Waals surface area contributed by atoms with Crippen LogP contribution in [0.3, 0.4) is 0 Å². The number of hydrogen-bond acceptors (Lipinski definition) is 3. The summed E-state index contributed by atoms with van der Waals surface area (Å²) in [7, 11) is -3.63. The first kappa shape index (κ1) is 17.4. The van der Waals surface area contributed by atoms with E-state index in [1.165, 1.54) is 0 Å². The van der Waals surface area contributed by atoms with Crippen LogP contribution in [0, 0.1) is 0 Å². The van der Waals surface area contributed by atoms with E-state index in [-0.39, 0.29) is 10.8 Å². The average molecular weight is 389 g/mol. The van der Waals surface area contributed by atoms with Crippen molar-refractivity contribution in [1.82, 2.24) is 4.72 Å². The molecular formula is C15H21BrN2O3S. The molecule has 0 fully saturated rings. The fourth-order valence-electron chi connectivity index (χ4n) is 2.58. The lowest BCUT2D eigenvalue weighted by molar-refractivity contribution is -0.118. The SMILES string of the molecule is CCCCNS(=O)(=O)c1cc(Br)cc2c1N(C(=O)CC)CC2. The Labute approximate surface area is 140 Å². The zero-order valence-electron chi connectivity index (χ0n) is 12.9. The van der Waals surface area contributed by atoms with Gasteiger partial charge >= 0.3 is 0 Å². The fourth-order valence-corrected chi connectivity index (χ4v) is 4.58. The van der Waals surface area contributed by atoms with E-state index in [2.05, 4.69) is 20.7 Å². The molecule has 0 unspecified atom stereocenters. The molecule has 1 amide bonds. The second kappa shape index (κ2) is 7.10. The Kier molecular flexibility index (Phi) is 5.63. The molecule has 22 heavy (non-hydrogen) atoms. The minimum atomic E-state index is -3.63. The Balaban J connectivity index is 2.46. The molecule has 0 bridgehead atoms. The highest BCUT2D eigenvalue weighted by molar-refractivity contribution is 9.10. The van der Waals surface area contributed by atoms with Gasteiger partial charge in [0.05, 0.1) is 5.69 Å². The van der Waals surface area contributed by atoms with Crippen LogP contribution in [0.2, 0.25) is 0 Å². The molecule has 122 valence electrons. The van der Waals surface area contributed by atoms with Crippen molar-refractivity contribution in [3.63, 3.8) is 0 Å². The van der Waals surface area contributed by atoms with Crippen LogP contribution in [0.4, 0.5) is 5.69 Å². The van der Waals surface area contributed by atoms with Gasteiger partial charge in [-0.25, -0.2) is 13.1 Å². The van der Waals surface area contributed by atoms with Gasteiger partial charge in [-0.05, 0) is 30.5 Å². The van der Waals surface area contributed by atoms with E-state index in [0.717, 1.165) is 18.4 Å². The van der Waals surface area contributed by atoms with Crippen molar-refractivity contribution < 1.29 is 13.2 Å². The van der Waals surface area contributed by atoms with Gasteiger partial charge in [0.1, 0.15) is 4.90 Å². The average Bonchev–Trinajstić information content (AvgIpc) is 2.89. The molecule has 0 radical (unpaired) electrons. The molecule has 0 saturated heterocycles. The van der Waals surface area contributed by atoms with E-state index in [1.54, 1.807) is 17.9 Å². The Bertz CT molecular complexity index is 674. The topological polar surface area (TPSA) is 66.5 Å². The van der Waals surface area contributed by atoms with Crippen LogP contribution in [0.25, 0.3) is 0 Å². The van der Waals surface area contributed by atoms with E-state index in [1.807, 2.05) is 13.0 Å². The van der Waals surface area contributed by atoms with Gasteiger partial charge in [0.25, 0.3) is 0 Å². The number of halogens is 1. The summed E-state index contributed by atoms with van der Waals surface area (Å²) in [6.45, 7) is 4.73. The Morgan fingerprint density at radius 1 is 1.36 bits per heavy atom. The molecule has 0 aliphatic carbocycles. The summed E-state index contributed by atoms with van der Waals surface area (Å²) < 4.78 is 28.6. The van der Waals surface area contributed by atoms with E-state index >= 15 is 0 Å². The second-order valence-corrected chi connectivity index (χ2v) is 7.96. The van der Waals surface area contributed by atoms with Crippen LogP contribution in [0.15, 0.2) is 21.5 Å². The maximum Gasteiger partial charge on any atom is 0.242 e. The lowest BCUT2D eigenvalue weighted by Gasteiger charge is -2.20. The van der Waals surface area contributed by atoms with Gasteiger partial charge in [-0.2, -0.15) is 0 Å². The molecule has 1 heterocycles. The molecule has 7 heteroatoms. The van der Waals surface area contributed by atoms with Gasteiger partial charge in [-0.15, -0.1) is 0 Å². The molecular weight excluding hydrogens is 368 g/mol. The summed E-state index contributed by atoms with van der Waals surface area (Å²) >= 11 is 3.37. The fraction of sp³-hybridized carbons (Fsp3) is 0.533. The zero-order valence-corrected chi connectivity index (χ0v) is 15.3. The number of amides is 1. The maximum atomic E-state index is 12.6. The van der Waals surface area contributed by atoms with Crippen molar-refractivity contribution in [2.45, 2.75) is 44.4 Å². The largest absolute Gasteiger partial charge is 0.310 e. The van der Waals surface area contributed by atoms with Crippen LogP contribution in [-0.2, 0) is 21.2 Å². The van der Waals surface area contributed by atoms with Crippen molar-refractivity contribution in [1.29, 1.82) is 0 Å². The standard InChI is InChI=1S/C15H21BrN2O3S/c1-3-5-7-17-22(20,21)13-10-12(16)9-11-6-8-18(15(11)13)14(19)4-2/h9-10,17H,3-8H2,1-2H3. The summed E-state index contributed by atoms with van der Waals surface area (Å²) in [6, 6.07) is 3.47. The summed E-state index contributed by atoms with van der Waals surface area (Å²) in [5, 5.41) is 0. The Morgan fingerprint density at radius 3 is 2.73 bits per heavy atom. The predicted octanol–water partition coefficient (Wildman–Crippen LogP) is 2.83. The third-order valence-electron chi connectivity index (χ3n) is 3.71. The highest BCUT2D eigenvalue weighted by atomic mass is 79.9. The van der Waals surface area contributed by atoms with Gasteiger partial charge in [-0.1, -0.05) is 36.2 Å². The quantitative estimate of drug-likeness (QED) is 0.761. The van der Waals surface area contributed by atoms with Gasteiger partial charge in [0.2, 0.25) is 15.9 Å². The lowest BCUT2D eigenvalue weighted by Crippen LogP contribution is -2.31. The van der Waals surface area contributed by atoms with E-state index < -0.39 is 10.0 Å². The lowest BCUT2D eigenvalue weighted by atomic mass is 10.2. The van der Waals surface area contributed by atoms with E-state index in [0.29, 0.717) is 36.1 Å². The molecule has 2 rings (SSSR count). The number of anilines is 1. The first-order chi connectivity index (χ1) is 10.4. The van der Waals surface area contributed by atoms with Crippen molar-refractivity contribution in [3.05, 3.63) is 22.2 Å². The molecule has 1 N–H and O–H groups in total. The molecule has 1 aromatic rings. The second-order valence-electron chi connectivity index (χ2n) is 5.31. The summed E-state index contributed by atoms with van der Waals surface area (Å²) in [5.41, 5.74) is 1.44. The van der Waals surface area contributed by atoms with Crippen molar-refractivity contribution >= 4 is 37.5 Å². The third kappa shape index (κ3) is 3.52. The number of carbonyl (C=O) groups is 1. The minimum absolute atomic E-state index is 0.0499. The molecule has 1 aliphatic rings. The number of nitrogens with one attached hydrogen (secondary N) is 1. The van der Waals surface area contributed by atoms with Crippen LogP contribution < -0.4 is 9.62 Å². The smallest absolute Gasteiger partial charge is 0.242 e. The minimum Gasteiger partial charge on any atom is -0.310 e. The zero-order chi connectivity index (χ0) is 16.3. The normalized spacial score (nSPS) is 14.2. The monoisotopic (exact) mass is 388 g/mol. The van der Waals surface area contributed by atoms with Gasteiger partial charge in [-0.3, -0.25) is 4.79 Å². The van der Waals surface area contributed by atoms with Crippen LogP contribution in [-0.4, -0.2) is 27.4 Å². The number of sulfonamides is 1. The van der Waals surface area contributed by atoms with Gasteiger partial charge in [0, 0.05) is 24.0 Å². The molecule has 0 spiro atoms. The first-order valence-electron chi connectivity index (χ1n) is 7.53. The number of hydrogen-bond donors (Lipinski definition) is 1. The number of unbranched alkanes of at least 4 members (excludes halogenated alkanes) is 1. The summed E-state index contributed by atoms with van der Waals surface area (Å²) in [5.74, 6) is -0.0499. The van der Waals surface area contributed by atoms with Crippen molar-refractivity contribution in [3.8, 4) is 0 Å². The van der Waals surface area contributed by atoms with Gasteiger partial charge in [0.15, 0.2) is 0 Å². The van der Waals surface area contributed by atoms with Gasteiger partial charge < -0.3 is 4.90 Å². The van der Waals surface area contributed by atoms with E-state index in [9.17, 15) is 13.2 Å². The molecule has 5 nitrogen and oxygen atoms in total. The van der Waals surface area contributed by atoms with E-state index in [4.69, 9.17) is 0 Å². The van der Waals surface area contributed by atoms with Crippen molar-refractivity contribution in [2.75, 3.05) is 18.0 Å². The predicted molar refractivity (Wildman–Crippen MR) is 90.6 cm³/mol. The van der Waals surface area contributed by atoms with Crippen LogP contribution in [0.1, 0.15) is 38.7 Å². The molecule has 1 aromatic carbocycles. The number of nitrogens with zero attached hydrogens (tertiary/aromatic N) is 1. The summed E-state index contributed by atoms with van der Waals surface area (Å²) in [6.07, 6.45) is 2.74. The maximum absolute atomic E-state index is 12.6. The summed E-state index contributed by atoms with van der Waals surface area (Å²) in [4.78, 5) is 13.9. The molecule has 0 saturated carbocycles. The number of carbonyl (C=O) groups excluding carboxylic acids is 1. The molecule has 0 aromatic heterocycles. The highest BCUT2D eigenvalue weighted by Crippen LogP contribution is 2.37. The number of rotatable bonds is 6. The highest BCUT2D eigenvalue weighted by Gasteiger charge is 2.31. The molecule has 1 aliphatic heterocycles. The Morgan fingerprint density at radius 2 is 2.09 bits per heavy atom. The Hall–Kier alpha value is -0.920.